The van der Waals surface area contributed by atoms with Crippen LogP contribution in [0.5, 0.6) is 0 Å². The number of alkyl halides is 3. The topological polar surface area (TPSA) is 43.8 Å². The number of carbonyl (C=O) groups excluding carboxylic acids is 1. The molecule has 2 rings (SSSR count). The monoisotopic (exact) mass is 266 g/mol. The summed E-state index contributed by atoms with van der Waals surface area (Å²) in [5.41, 5.74) is 0. The molecular weight excluding hydrogens is 249 g/mol. The smallest absolute Gasteiger partial charge is 0.389 e. The van der Waals surface area contributed by atoms with Crippen molar-refractivity contribution in [2.24, 2.45) is 5.92 Å². The Kier molecular flexibility index (Phi) is 3.82. The maximum atomic E-state index is 12.3. The van der Waals surface area contributed by atoms with Gasteiger partial charge < -0.3 is 10.0 Å². The van der Waals surface area contributed by atoms with Crippen molar-refractivity contribution in [1.82, 2.24) is 9.80 Å². The van der Waals surface area contributed by atoms with Gasteiger partial charge in [-0.3, -0.25) is 9.69 Å². The highest BCUT2D eigenvalue weighted by atomic mass is 19.4. The molecule has 4 nitrogen and oxygen atoms in total. The van der Waals surface area contributed by atoms with Gasteiger partial charge in [0.1, 0.15) is 0 Å². The lowest BCUT2D eigenvalue weighted by molar-refractivity contribution is -0.158. The van der Waals surface area contributed by atoms with E-state index in [1.54, 1.807) is 0 Å². The van der Waals surface area contributed by atoms with E-state index in [9.17, 15) is 18.0 Å². The highest BCUT2D eigenvalue weighted by Gasteiger charge is 2.38. The molecule has 0 aliphatic carbocycles. The van der Waals surface area contributed by atoms with Gasteiger partial charge in [-0.2, -0.15) is 13.2 Å². The van der Waals surface area contributed by atoms with Crippen molar-refractivity contribution in [3.63, 3.8) is 0 Å². The molecule has 7 heteroatoms. The Balaban J connectivity index is 1.84. The lowest BCUT2D eigenvalue weighted by atomic mass is 9.95. The number of hydrogen-bond donors (Lipinski definition) is 1. The highest BCUT2D eigenvalue weighted by molar-refractivity contribution is 5.80. The van der Waals surface area contributed by atoms with Crippen molar-refractivity contribution in [2.45, 2.75) is 25.1 Å². The van der Waals surface area contributed by atoms with Crippen molar-refractivity contribution < 1.29 is 23.1 Å². The summed E-state index contributed by atoms with van der Waals surface area (Å²) in [4.78, 5) is 14.8. The lowest BCUT2D eigenvalue weighted by Gasteiger charge is -2.40. The SMILES string of the molecule is O=C(C1CCCN(CC(F)(F)F)C1)N1CC(O)C1. The second kappa shape index (κ2) is 5.05. The first-order valence-corrected chi connectivity index (χ1v) is 6.11. The third-order valence-corrected chi connectivity index (χ3v) is 3.43. The van der Waals surface area contributed by atoms with Crippen molar-refractivity contribution in [1.29, 1.82) is 0 Å². The molecule has 0 aromatic heterocycles. The molecule has 0 saturated carbocycles. The number of rotatable bonds is 2. The predicted molar refractivity (Wildman–Crippen MR) is 57.8 cm³/mol. The summed E-state index contributed by atoms with van der Waals surface area (Å²) in [5, 5.41) is 9.12. The van der Waals surface area contributed by atoms with Gasteiger partial charge in [0.05, 0.1) is 18.6 Å². The van der Waals surface area contributed by atoms with Gasteiger partial charge in [-0.05, 0) is 19.4 Å². The van der Waals surface area contributed by atoms with E-state index in [1.165, 1.54) is 9.80 Å². The molecule has 1 amide bonds. The Hall–Kier alpha value is -0.820. The molecule has 2 aliphatic rings. The number of halogens is 3. The van der Waals surface area contributed by atoms with E-state index in [0.717, 1.165) is 0 Å². The number of aliphatic hydroxyl groups excluding tert-OH is 1. The molecule has 0 aromatic carbocycles. The summed E-state index contributed by atoms with van der Waals surface area (Å²) in [5.74, 6) is -0.472. The van der Waals surface area contributed by atoms with Crippen LogP contribution in [0.1, 0.15) is 12.8 Å². The van der Waals surface area contributed by atoms with E-state index in [2.05, 4.69) is 0 Å². The van der Waals surface area contributed by atoms with Crippen LogP contribution in [0.15, 0.2) is 0 Å². The molecule has 0 radical (unpaired) electrons. The molecule has 104 valence electrons. The van der Waals surface area contributed by atoms with Crippen LogP contribution in [-0.4, -0.2) is 65.8 Å². The van der Waals surface area contributed by atoms with Crippen molar-refractivity contribution in [3.05, 3.63) is 0 Å². The molecule has 0 bridgehead atoms. The fourth-order valence-corrected chi connectivity index (χ4v) is 2.55. The van der Waals surface area contributed by atoms with E-state index in [0.29, 0.717) is 32.5 Å². The van der Waals surface area contributed by atoms with Gasteiger partial charge in [0.25, 0.3) is 0 Å². The third kappa shape index (κ3) is 3.35. The summed E-state index contributed by atoms with van der Waals surface area (Å²) in [6, 6.07) is 0. The maximum Gasteiger partial charge on any atom is 0.401 e. The average molecular weight is 266 g/mol. The molecule has 2 saturated heterocycles. The molecule has 0 spiro atoms. The first-order valence-electron chi connectivity index (χ1n) is 6.11. The molecule has 1 unspecified atom stereocenters. The van der Waals surface area contributed by atoms with E-state index < -0.39 is 18.8 Å². The zero-order chi connectivity index (χ0) is 13.3. The van der Waals surface area contributed by atoms with Gasteiger partial charge in [0.2, 0.25) is 5.91 Å². The Labute approximate surface area is 103 Å². The largest absolute Gasteiger partial charge is 0.401 e. The van der Waals surface area contributed by atoms with Gasteiger partial charge in [-0.25, -0.2) is 0 Å². The van der Waals surface area contributed by atoms with Gasteiger partial charge >= 0.3 is 6.18 Å². The Morgan fingerprint density at radius 2 is 1.94 bits per heavy atom. The Bertz CT molecular complexity index is 316. The minimum Gasteiger partial charge on any atom is -0.389 e. The molecule has 1 N–H and O–H groups in total. The summed E-state index contributed by atoms with van der Waals surface area (Å²) in [7, 11) is 0. The summed E-state index contributed by atoms with van der Waals surface area (Å²) < 4.78 is 36.9. The third-order valence-electron chi connectivity index (χ3n) is 3.43. The van der Waals surface area contributed by atoms with Crippen LogP contribution in [0.25, 0.3) is 0 Å². The van der Waals surface area contributed by atoms with E-state index in [4.69, 9.17) is 5.11 Å². The molecule has 18 heavy (non-hydrogen) atoms. The van der Waals surface area contributed by atoms with Crippen LogP contribution in [0.4, 0.5) is 13.2 Å². The quantitative estimate of drug-likeness (QED) is 0.790. The zero-order valence-electron chi connectivity index (χ0n) is 9.99. The fraction of sp³-hybridized carbons (Fsp3) is 0.909. The standard InChI is InChI=1S/C11H17F3N2O2/c12-11(13,14)7-15-3-1-2-8(4-15)10(18)16-5-9(17)6-16/h8-9,17H,1-7H2. The van der Waals surface area contributed by atoms with Gasteiger partial charge in [0.15, 0.2) is 0 Å². The molecule has 2 heterocycles. The van der Waals surface area contributed by atoms with Crippen LogP contribution < -0.4 is 0 Å². The highest BCUT2D eigenvalue weighted by Crippen LogP contribution is 2.24. The number of β-amino-alcohol motifs (C(OH)–C–C–N with tert-alkyl or cyclic N) is 1. The van der Waals surface area contributed by atoms with Crippen molar-refractivity contribution in [2.75, 3.05) is 32.7 Å². The lowest BCUT2D eigenvalue weighted by Crippen LogP contribution is -2.57. The number of hydrogen-bond acceptors (Lipinski definition) is 3. The first-order chi connectivity index (χ1) is 8.35. The Morgan fingerprint density at radius 1 is 1.28 bits per heavy atom. The van der Waals surface area contributed by atoms with E-state index >= 15 is 0 Å². The van der Waals surface area contributed by atoms with Crippen LogP contribution in [0.2, 0.25) is 0 Å². The van der Waals surface area contributed by atoms with Crippen LogP contribution in [0.3, 0.4) is 0 Å². The van der Waals surface area contributed by atoms with Crippen molar-refractivity contribution >= 4 is 5.91 Å². The number of piperidine rings is 1. The number of likely N-dealkylation sites (tertiary alicyclic amines) is 2. The van der Waals surface area contributed by atoms with Gasteiger partial charge in [0, 0.05) is 19.6 Å². The molecule has 0 aromatic rings. The minimum atomic E-state index is -4.21. The summed E-state index contributed by atoms with van der Waals surface area (Å²) in [6.07, 6.45) is -3.43. The zero-order valence-corrected chi connectivity index (χ0v) is 9.99. The van der Waals surface area contributed by atoms with Gasteiger partial charge in [-0.15, -0.1) is 0 Å². The average Bonchev–Trinajstić information content (AvgIpc) is 2.22. The molecular formula is C11H17F3N2O2. The fourth-order valence-electron chi connectivity index (χ4n) is 2.55. The number of amides is 1. The number of carbonyl (C=O) groups is 1. The molecule has 1 atom stereocenters. The second-order valence-corrected chi connectivity index (χ2v) is 5.09. The van der Waals surface area contributed by atoms with Crippen LogP contribution in [-0.2, 0) is 4.79 Å². The molecule has 2 aliphatic heterocycles. The number of nitrogens with zero attached hydrogens (tertiary/aromatic N) is 2. The predicted octanol–water partition coefficient (Wildman–Crippen LogP) is 0.464. The maximum absolute atomic E-state index is 12.3. The van der Waals surface area contributed by atoms with Crippen molar-refractivity contribution in [3.8, 4) is 0 Å². The van der Waals surface area contributed by atoms with E-state index in [-0.39, 0.29) is 18.4 Å². The number of aliphatic hydroxyl groups is 1. The summed E-state index contributed by atoms with van der Waals surface area (Å²) in [6.45, 7) is 0.249. The first kappa shape index (κ1) is 13.6. The summed E-state index contributed by atoms with van der Waals surface area (Å²) >= 11 is 0. The van der Waals surface area contributed by atoms with Crippen LogP contribution in [0, 0.1) is 5.92 Å². The Morgan fingerprint density at radius 3 is 2.50 bits per heavy atom. The van der Waals surface area contributed by atoms with Gasteiger partial charge in [-0.1, -0.05) is 0 Å². The normalized spacial score (nSPS) is 27.1. The second-order valence-electron chi connectivity index (χ2n) is 5.09. The van der Waals surface area contributed by atoms with Crippen LogP contribution >= 0.6 is 0 Å². The molecule has 2 fully saturated rings. The minimum absolute atomic E-state index is 0.118. The van der Waals surface area contributed by atoms with E-state index in [1.807, 2.05) is 0 Å².